The van der Waals surface area contributed by atoms with Crippen molar-refractivity contribution in [2.75, 3.05) is 13.2 Å². The van der Waals surface area contributed by atoms with E-state index in [9.17, 15) is 14.4 Å². The normalized spacial score (nSPS) is 12.6. The highest BCUT2D eigenvalue weighted by atomic mass is 16.6. The van der Waals surface area contributed by atoms with Gasteiger partial charge in [0, 0.05) is 19.3 Å². The van der Waals surface area contributed by atoms with Gasteiger partial charge in [-0.25, -0.2) is 0 Å². The van der Waals surface area contributed by atoms with Gasteiger partial charge in [-0.05, 0) is 83.5 Å². The predicted octanol–water partition coefficient (Wildman–Crippen LogP) is 20.2. The fraction of sp³-hybridized carbons (Fsp3) is 0.766. The van der Waals surface area contributed by atoms with Crippen molar-refractivity contribution >= 4 is 17.9 Å². The Labute approximate surface area is 433 Å². The van der Waals surface area contributed by atoms with E-state index < -0.39 is 6.10 Å². The minimum Gasteiger partial charge on any atom is -0.462 e. The van der Waals surface area contributed by atoms with Crippen LogP contribution < -0.4 is 0 Å². The van der Waals surface area contributed by atoms with Gasteiger partial charge in [0.05, 0.1) is 0 Å². The van der Waals surface area contributed by atoms with Crippen LogP contribution in [-0.2, 0) is 28.6 Å². The third-order valence-electron chi connectivity index (χ3n) is 12.9. The molecule has 0 aliphatic carbocycles. The van der Waals surface area contributed by atoms with Crippen LogP contribution in [0.2, 0.25) is 0 Å². The highest BCUT2D eigenvalue weighted by Crippen LogP contribution is 2.16. The molecule has 0 bridgehead atoms. The average Bonchev–Trinajstić information content (AvgIpc) is 3.36. The van der Waals surface area contributed by atoms with Crippen molar-refractivity contribution in [1.29, 1.82) is 0 Å². The number of carbonyl (C=O) groups excluding carboxylic acids is 3. The number of carbonyl (C=O) groups is 3. The first kappa shape index (κ1) is 66.9. The molecule has 6 nitrogen and oxygen atoms in total. The third-order valence-corrected chi connectivity index (χ3v) is 12.9. The molecule has 6 heteroatoms. The third kappa shape index (κ3) is 55.8. The molecule has 0 spiro atoms. The average molecular weight is 978 g/mol. The van der Waals surface area contributed by atoms with Gasteiger partial charge in [0.2, 0.25) is 0 Å². The first-order chi connectivity index (χ1) is 34.5. The molecule has 0 aliphatic rings. The van der Waals surface area contributed by atoms with Gasteiger partial charge in [0.1, 0.15) is 13.2 Å². The zero-order chi connectivity index (χ0) is 50.7. The molecule has 0 N–H and O–H groups in total. The standard InChI is InChI=1S/C64H112O6/c1-4-7-10-13-16-19-22-25-28-31-34-36-39-42-45-48-51-54-57-63(66)69-60-61(70-64(67)58-55-52-49-46-43-40-37-33-30-27-24-21-18-15-12-9-6-3)59-68-62(65)56-53-50-47-44-41-38-35-32-29-26-23-20-17-14-11-8-5-2/h9,12,18,21,26-27,29-30,37,40,46,49,61H,4-8,10-11,13-17,19-20,22-25,28,31-36,38-39,41-45,47-48,50-60H2,1-3H3/b12-9-,21-18-,29-26-,30-27-,40-37-,49-46-/t61-/m1/s1. The van der Waals surface area contributed by atoms with E-state index in [1.807, 2.05) is 0 Å². The van der Waals surface area contributed by atoms with Gasteiger partial charge in [0.25, 0.3) is 0 Å². The quantitative estimate of drug-likeness (QED) is 0.0261. The van der Waals surface area contributed by atoms with Crippen molar-refractivity contribution in [3.05, 3.63) is 72.9 Å². The van der Waals surface area contributed by atoms with Crippen molar-refractivity contribution in [1.82, 2.24) is 0 Å². The Kier molecular flexibility index (Phi) is 55.8. The molecular weight excluding hydrogens is 865 g/mol. The minimum absolute atomic E-state index is 0.0966. The Hall–Kier alpha value is -3.15. The monoisotopic (exact) mass is 977 g/mol. The van der Waals surface area contributed by atoms with E-state index in [1.165, 1.54) is 173 Å². The summed E-state index contributed by atoms with van der Waals surface area (Å²) < 4.78 is 16.8. The largest absolute Gasteiger partial charge is 0.462 e. The topological polar surface area (TPSA) is 78.9 Å². The van der Waals surface area contributed by atoms with Crippen molar-refractivity contribution in [3.63, 3.8) is 0 Å². The Bertz CT molecular complexity index is 1310. The second kappa shape index (κ2) is 58.4. The van der Waals surface area contributed by atoms with Crippen LogP contribution in [0.1, 0.15) is 297 Å². The number of ether oxygens (including phenoxy) is 3. The molecular formula is C64H112O6. The molecule has 0 saturated carbocycles. The minimum atomic E-state index is -0.806. The van der Waals surface area contributed by atoms with Crippen LogP contribution >= 0.6 is 0 Å². The maximum absolute atomic E-state index is 12.8. The molecule has 0 rings (SSSR count). The lowest BCUT2D eigenvalue weighted by Gasteiger charge is -2.18. The van der Waals surface area contributed by atoms with Crippen LogP contribution in [0.4, 0.5) is 0 Å². The summed E-state index contributed by atoms with van der Waals surface area (Å²) >= 11 is 0. The van der Waals surface area contributed by atoms with Crippen LogP contribution in [-0.4, -0.2) is 37.2 Å². The summed E-state index contributed by atoms with van der Waals surface area (Å²) in [6.45, 7) is 6.51. The molecule has 0 amide bonds. The van der Waals surface area contributed by atoms with E-state index >= 15 is 0 Å². The number of hydrogen-bond donors (Lipinski definition) is 0. The summed E-state index contributed by atoms with van der Waals surface area (Å²) in [5.41, 5.74) is 0. The van der Waals surface area contributed by atoms with Crippen molar-refractivity contribution in [2.24, 2.45) is 0 Å². The van der Waals surface area contributed by atoms with E-state index in [2.05, 4.69) is 93.7 Å². The zero-order valence-electron chi connectivity index (χ0n) is 46.3. The molecule has 0 fully saturated rings. The van der Waals surface area contributed by atoms with Gasteiger partial charge in [-0.3, -0.25) is 14.4 Å². The van der Waals surface area contributed by atoms with Gasteiger partial charge in [-0.1, -0.05) is 267 Å². The van der Waals surface area contributed by atoms with E-state index in [0.717, 1.165) is 77.0 Å². The number of allylic oxidation sites excluding steroid dienone is 12. The summed E-state index contributed by atoms with van der Waals surface area (Å²) in [7, 11) is 0. The Morgan fingerprint density at radius 3 is 0.929 bits per heavy atom. The smallest absolute Gasteiger partial charge is 0.306 e. The number of hydrogen-bond acceptors (Lipinski definition) is 6. The molecule has 0 aromatic carbocycles. The Morgan fingerprint density at radius 2 is 0.571 bits per heavy atom. The van der Waals surface area contributed by atoms with Crippen molar-refractivity contribution in [3.8, 4) is 0 Å². The molecule has 404 valence electrons. The lowest BCUT2D eigenvalue weighted by atomic mass is 10.0. The lowest BCUT2D eigenvalue weighted by molar-refractivity contribution is -0.167. The molecule has 1 atom stereocenters. The van der Waals surface area contributed by atoms with Crippen molar-refractivity contribution < 1.29 is 28.6 Å². The molecule has 0 aromatic rings. The first-order valence-corrected chi connectivity index (χ1v) is 29.9. The first-order valence-electron chi connectivity index (χ1n) is 29.9. The summed E-state index contributed by atoms with van der Waals surface area (Å²) in [5, 5.41) is 0. The highest BCUT2D eigenvalue weighted by molar-refractivity contribution is 5.71. The molecule has 0 aliphatic heterocycles. The Balaban J connectivity index is 4.44. The zero-order valence-corrected chi connectivity index (χ0v) is 46.3. The van der Waals surface area contributed by atoms with Crippen LogP contribution in [0.3, 0.4) is 0 Å². The van der Waals surface area contributed by atoms with Crippen LogP contribution in [0.5, 0.6) is 0 Å². The molecule has 0 aromatic heterocycles. The summed E-state index contributed by atoms with van der Waals surface area (Å²) in [6, 6.07) is 0. The van der Waals surface area contributed by atoms with Gasteiger partial charge in [-0.2, -0.15) is 0 Å². The summed E-state index contributed by atoms with van der Waals surface area (Å²) in [4.78, 5) is 38.2. The second-order valence-electron chi connectivity index (χ2n) is 19.9. The number of rotatable bonds is 54. The van der Waals surface area contributed by atoms with E-state index in [4.69, 9.17) is 14.2 Å². The maximum atomic E-state index is 12.8. The SMILES string of the molecule is CC/C=C\C/C=C\C/C=C\C/C=C\C/C=C\CCCC(=O)O[C@H](COC(=O)CCCCCCCCC/C=C\CCCCCCCC)COC(=O)CCCCCCCCCCCCCCCCCCCC. The van der Waals surface area contributed by atoms with Gasteiger partial charge >= 0.3 is 17.9 Å². The fourth-order valence-electron chi connectivity index (χ4n) is 8.47. The van der Waals surface area contributed by atoms with Crippen LogP contribution in [0.25, 0.3) is 0 Å². The lowest BCUT2D eigenvalue weighted by Crippen LogP contribution is -2.30. The van der Waals surface area contributed by atoms with E-state index in [-0.39, 0.29) is 37.5 Å². The van der Waals surface area contributed by atoms with Gasteiger partial charge in [-0.15, -0.1) is 0 Å². The number of unbranched alkanes of at least 4 members (excludes halogenated alkanes) is 31. The molecule has 70 heavy (non-hydrogen) atoms. The highest BCUT2D eigenvalue weighted by Gasteiger charge is 2.19. The Morgan fingerprint density at radius 1 is 0.300 bits per heavy atom. The van der Waals surface area contributed by atoms with Crippen LogP contribution in [0, 0.1) is 0 Å². The van der Waals surface area contributed by atoms with Gasteiger partial charge in [0.15, 0.2) is 6.10 Å². The van der Waals surface area contributed by atoms with Gasteiger partial charge < -0.3 is 14.2 Å². The molecule has 0 saturated heterocycles. The fourth-order valence-corrected chi connectivity index (χ4v) is 8.47. The summed E-state index contributed by atoms with van der Waals surface area (Å²) in [6.07, 6.45) is 74.7. The van der Waals surface area contributed by atoms with E-state index in [0.29, 0.717) is 19.3 Å². The molecule has 0 radical (unpaired) electrons. The molecule has 0 heterocycles. The molecule has 0 unspecified atom stereocenters. The van der Waals surface area contributed by atoms with E-state index in [1.54, 1.807) is 0 Å². The maximum Gasteiger partial charge on any atom is 0.306 e. The number of esters is 3. The summed E-state index contributed by atoms with van der Waals surface area (Å²) in [5.74, 6) is -0.948. The van der Waals surface area contributed by atoms with Crippen LogP contribution in [0.15, 0.2) is 72.9 Å². The predicted molar refractivity (Wildman–Crippen MR) is 302 cm³/mol. The second-order valence-corrected chi connectivity index (χ2v) is 19.9. The van der Waals surface area contributed by atoms with Crippen molar-refractivity contribution in [2.45, 2.75) is 303 Å².